The summed E-state index contributed by atoms with van der Waals surface area (Å²) in [5.41, 5.74) is -1.99. The third kappa shape index (κ3) is 5.66. The van der Waals surface area contributed by atoms with Crippen LogP contribution in [0.5, 0.6) is 5.75 Å². The molecule has 0 radical (unpaired) electrons. The van der Waals surface area contributed by atoms with E-state index in [2.05, 4.69) is 4.74 Å². The Labute approximate surface area is 160 Å². The molecule has 0 N–H and O–H groups in total. The number of esters is 1. The lowest BCUT2D eigenvalue weighted by Crippen LogP contribution is -2.18. The second-order valence-corrected chi connectivity index (χ2v) is 5.80. The lowest BCUT2D eigenvalue weighted by molar-refractivity contribution is -0.144. The van der Waals surface area contributed by atoms with Gasteiger partial charge in [-0.3, -0.25) is 9.59 Å². The van der Waals surface area contributed by atoms with Crippen molar-refractivity contribution < 1.29 is 41.0 Å². The molecule has 0 atom stereocenters. The van der Waals surface area contributed by atoms with Gasteiger partial charge in [0.05, 0.1) is 10.6 Å². The molecule has 0 spiro atoms. The van der Waals surface area contributed by atoms with Crippen molar-refractivity contribution in [3.63, 3.8) is 0 Å². The third-order valence-electron chi connectivity index (χ3n) is 3.45. The van der Waals surface area contributed by atoms with E-state index in [1.165, 1.54) is 0 Å². The SMILES string of the molecule is O=C(CC(=O)c1ccc(OC(F)F)c(Cl)c1C(F)(F)F)OCc1ccccc1. The maximum Gasteiger partial charge on any atom is 0.418 e. The second-order valence-electron chi connectivity index (χ2n) is 5.42. The highest BCUT2D eigenvalue weighted by Crippen LogP contribution is 2.42. The summed E-state index contributed by atoms with van der Waals surface area (Å²) in [6, 6.07) is 9.74. The molecule has 2 aromatic rings. The molecule has 0 aromatic heterocycles. The number of carbonyl (C=O) groups excluding carboxylic acids is 2. The van der Waals surface area contributed by atoms with Crippen LogP contribution in [0.4, 0.5) is 22.0 Å². The van der Waals surface area contributed by atoms with Crippen molar-refractivity contribution in [2.24, 2.45) is 0 Å². The van der Waals surface area contributed by atoms with Gasteiger partial charge in [0.25, 0.3) is 0 Å². The first-order chi connectivity index (χ1) is 13.1. The molecule has 0 amide bonds. The van der Waals surface area contributed by atoms with Gasteiger partial charge < -0.3 is 9.47 Å². The van der Waals surface area contributed by atoms with Gasteiger partial charge in [0.1, 0.15) is 18.8 Å². The van der Waals surface area contributed by atoms with Crippen LogP contribution in [-0.2, 0) is 22.3 Å². The van der Waals surface area contributed by atoms with Gasteiger partial charge in [-0.2, -0.15) is 22.0 Å². The predicted molar refractivity (Wildman–Crippen MR) is 88.3 cm³/mol. The summed E-state index contributed by atoms with van der Waals surface area (Å²) in [5, 5.41) is -1.20. The zero-order valence-corrected chi connectivity index (χ0v) is 14.7. The number of ketones is 1. The average Bonchev–Trinajstić information content (AvgIpc) is 2.61. The maximum absolute atomic E-state index is 13.3. The molecule has 2 aromatic carbocycles. The first-order valence-corrected chi connectivity index (χ1v) is 8.04. The van der Waals surface area contributed by atoms with Crippen LogP contribution in [0.3, 0.4) is 0 Å². The van der Waals surface area contributed by atoms with E-state index < -0.39 is 52.9 Å². The maximum atomic E-state index is 13.3. The Morgan fingerprint density at radius 1 is 1.04 bits per heavy atom. The van der Waals surface area contributed by atoms with E-state index in [0.717, 1.165) is 0 Å². The number of hydrogen-bond acceptors (Lipinski definition) is 4. The highest BCUT2D eigenvalue weighted by atomic mass is 35.5. The minimum Gasteiger partial charge on any atom is -0.460 e. The van der Waals surface area contributed by atoms with Crippen LogP contribution in [0.2, 0.25) is 5.02 Å². The predicted octanol–water partition coefficient (Wildman–Crippen LogP) is 5.28. The van der Waals surface area contributed by atoms with Crippen molar-refractivity contribution >= 4 is 23.4 Å². The zero-order valence-electron chi connectivity index (χ0n) is 13.9. The monoisotopic (exact) mass is 422 g/mol. The fourth-order valence-corrected chi connectivity index (χ4v) is 2.59. The van der Waals surface area contributed by atoms with Gasteiger partial charge in [-0.05, 0) is 17.7 Å². The normalized spacial score (nSPS) is 11.4. The topological polar surface area (TPSA) is 52.6 Å². The van der Waals surface area contributed by atoms with E-state index in [-0.39, 0.29) is 6.61 Å². The molecule has 0 fully saturated rings. The summed E-state index contributed by atoms with van der Waals surface area (Å²) < 4.78 is 73.3. The lowest BCUT2D eigenvalue weighted by Gasteiger charge is -2.16. The van der Waals surface area contributed by atoms with E-state index in [9.17, 15) is 31.5 Å². The van der Waals surface area contributed by atoms with E-state index in [1.807, 2.05) is 0 Å². The molecular weight excluding hydrogens is 411 g/mol. The molecule has 2 rings (SSSR count). The van der Waals surface area contributed by atoms with Crippen LogP contribution in [-0.4, -0.2) is 18.4 Å². The van der Waals surface area contributed by atoms with Gasteiger partial charge in [-0.25, -0.2) is 0 Å². The van der Waals surface area contributed by atoms with Gasteiger partial charge in [0.2, 0.25) is 0 Å². The molecule has 4 nitrogen and oxygen atoms in total. The van der Waals surface area contributed by atoms with Gasteiger partial charge in [-0.15, -0.1) is 0 Å². The third-order valence-corrected chi connectivity index (χ3v) is 3.83. The number of ether oxygens (including phenoxy) is 2. The van der Waals surface area contributed by atoms with Crippen LogP contribution in [0.1, 0.15) is 27.9 Å². The fourth-order valence-electron chi connectivity index (χ4n) is 2.27. The number of hydrogen-bond donors (Lipinski definition) is 0. The standard InChI is InChI=1S/C18H12ClF5O4/c19-16-13(28-17(20)21)7-6-11(15(16)18(22,23)24)12(25)8-14(26)27-9-10-4-2-1-3-5-10/h1-7,17H,8-9H2. The molecule has 0 unspecified atom stereocenters. The Morgan fingerprint density at radius 3 is 2.25 bits per heavy atom. The molecular formula is C18H12ClF5O4. The summed E-state index contributed by atoms with van der Waals surface area (Å²) in [6.07, 6.45) is -6.13. The summed E-state index contributed by atoms with van der Waals surface area (Å²) >= 11 is 5.52. The number of Topliss-reactive ketones (excluding diaryl/α,β-unsaturated/α-hetero) is 1. The minimum absolute atomic E-state index is 0.166. The van der Waals surface area contributed by atoms with E-state index >= 15 is 0 Å². The van der Waals surface area contributed by atoms with E-state index in [1.54, 1.807) is 30.3 Å². The van der Waals surface area contributed by atoms with Crippen molar-refractivity contribution in [2.75, 3.05) is 0 Å². The Kier molecular flexibility index (Phi) is 6.95. The summed E-state index contributed by atoms with van der Waals surface area (Å²) in [6.45, 7) is -3.57. The highest BCUT2D eigenvalue weighted by Gasteiger charge is 2.39. The first-order valence-electron chi connectivity index (χ1n) is 7.67. The largest absolute Gasteiger partial charge is 0.460 e. The molecule has 0 heterocycles. The Balaban J connectivity index is 2.19. The molecule has 0 saturated carbocycles. The van der Waals surface area contributed by atoms with Gasteiger partial charge in [0, 0.05) is 5.56 Å². The van der Waals surface area contributed by atoms with Crippen LogP contribution < -0.4 is 4.74 Å². The number of alkyl halides is 5. The molecule has 150 valence electrons. The van der Waals surface area contributed by atoms with Crippen molar-refractivity contribution in [1.82, 2.24) is 0 Å². The number of benzene rings is 2. The Morgan fingerprint density at radius 2 is 1.68 bits per heavy atom. The minimum atomic E-state index is -5.14. The Hall–Kier alpha value is -2.68. The van der Waals surface area contributed by atoms with Crippen LogP contribution in [0, 0.1) is 0 Å². The van der Waals surface area contributed by atoms with Crippen LogP contribution in [0.15, 0.2) is 42.5 Å². The highest BCUT2D eigenvalue weighted by molar-refractivity contribution is 6.33. The number of rotatable bonds is 7. The quantitative estimate of drug-likeness (QED) is 0.264. The zero-order chi connectivity index (χ0) is 20.9. The van der Waals surface area contributed by atoms with Gasteiger partial charge in [-0.1, -0.05) is 41.9 Å². The number of halogens is 6. The van der Waals surface area contributed by atoms with Crippen molar-refractivity contribution in [1.29, 1.82) is 0 Å². The average molecular weight is 423 g/mol. The van der Waals surface area contributed by atoms with Gasteiger partial charge >= 0.3 is 18.8 Å². The molecule has 28 heavy (non-hydrogen) atoms. The lowest BCUT2D eigenvalue weighted by atomic mass is 10.0. The summed E-state index contributed by atoms with van der Waals surface area (Å²) in [4.78, 5) is 23.9. The molecule has 0 aliphatic heterocycles. The molecule has 0 aliphatic carbocycles. The summed E-state index contributed by atoms with van der Waals surface area (Å²) in [7, 11) is 0. The van der Waals surface area contributed by atoms with Gasteiger partial charge in [0.15, 0.2) is 5.78 Å². The molecule has 0 aliphatic rings. The summed E-state index contributed by atoms with van der Waals surface area (Å²) in [5.74, 6) is -3.21. The van der Waals surface area contributed by atoms with E-state index in [4.69, 9.17) is 16.3 Å². The Bertz CT molecular complexity index is 853. The van der Waals surface area contributed by atoms with E-state index in [0.29, 0.717) is 17.7 Å². The second kappa shape index (κ2) is 9.01. The van der Waals surface area contributed by atoms with Crippen LogP contribution >= 0.6 is 11.6 Å². The van der Waals surface area contributed by atoms with Crippen LogP contribution in [0.25, 0.3) is 0 Å². The smallest absolute Gasteiger partial charge is 0.418 e. The fraction of sp³-hybridized carbons (Fsp3) is 0.222. The van der Waals surface area contributed by atoms with Crippen molar-refractivity contribution in [2.45, 2.75) is 25.8 Å². The molecule has 0 saturated heterocycles. The first kappa shape index (κ1) is 21.6. The van der Waals surface area contributed by atoms with Crippen molar-refractivity contribution in [3.8, 4) is 5.75 Å². The molecule has 10 heteroatoms. The number of carbonyl (C=O) groups is 2. The van der Waals surface area contributed by atoms with Crippen molar-refractivity contribution in [3.05, 3.63) is 64.2 Å². The molecule has 0 bridgehead atoms.